The van der Waals surface area contributed by atoms with Gasteiger partial charge in [-0.15, -0.1) is 24.8 Å². The SMILES string of the molecule is CCCCNC(=O)C(CC(O)C(N)CC(CNC(=O)c1ccccc1CCN1CCOCC1)C(C)C)C(C)C.Cl.Cl. The number of nitrogens with zero attached hydrogens (tertiary/aromatic N) is 1. The Labute approximate surface area is 260 Å². The van der Waals surface area contributed by atoms with E-state index in [1.54, 1.807) is 0 Å². The number of ether oxygens (including phenoxy) is 1. The molecule has 8 nitrogen and oxygen atoms in total. The Morgan fingerprint density at radius 3 is 2.29 bits per heavy atom. The zero-order valence-corrected chi connectivity index (χ0v) is 27.4. The maximum Gasteiger partial charge on any atom is 0.251 e. The third-order valence-electron chi connectivity index (χ3n) is 8.07. The minimum Gasteiger partial charge on any atom is -0.391 e. The van der Waals surface area contributed by atoms with Crippen LogP contribution in [0.25, 0.3) is 0 Å². The van der Waals surface area contributed by atoms with Gasteiger partial charge in [0, 0.05) is 50.2 Å². The lowest BCUT2D eigenvalue weighted by molar-refractivity contribution is -0.127. The maximum atomic E-state index is 13.2. The second kappa shape index (κ2) is 21.3. The Balaban J connectivity index is 0.00000800. The summed E-state index contributed by atoms with van der Waals surface area (Å²) >= 11 is 0. The molecule has 0 radical (unpaired) electrons. The summed E-state index contributed by atoms with van der Waals surface area (Å²) in [6, 6.07) is 7.34. The number of hydrogen-bond acceptors (Lipinski definition) is 6. The van der Waals surface area contributed by atoms with Crippen molar-refractivity contribution in [2.45, 2.75) is 78.9 Å². The monoisotopic (exact) mass is 618 g/mol. The average molecular weight is 620 g/mol. The van der Waals surface area contributed by atoms with Crippen molar-refractivity contribution in [3.63, 3.8) is 0 Å². The Morgan fingerprint density at radius 1 is 1.02 bits per heavy atom. The second-order valence-corrected chi connectivity index (χ2v) is 11.8. The maximum absolute atomic E-state index is 13.2. The molecule has 2 rings (SSSR count). The van der Waals surface area contributed by atoms with Crippen molar-refractivity contribution in [1.29, 1.82) is 0 Å². The Kier molecular flexibility index (Phi) is 20.6. The fourth-order valence-corrected chi connectivity index (χ4v) is 5.12. The van der Waals surface area contributed by atoms with Crippen molar-refractivity contribution in [2.24, 2.45) is 29.4 Å². The molecule has 1 aliphatic heterocycles. The summed E-state index contributed by atoms with van der Waals surface area (Å²) in [5, 5.41) is 17.1. The van der Waals surface area contributed by atoms with Crippen LogP contribution in [-0.2, 0) is 16.0 Å². The number of halogens is 2. The molecule has 10 heteroatoms. The van der Waals surface area contributed by atoms with Gasteiger partial charge in [0.25, 0.3) is 5.91 Å². The molecule has 4 atom stereocenters. The van der Waals surface area contributed by atoms with Crippen LogP contribution in [0.15, 0.2) is 24.3 Å². The van der Waals surface area contributed by atoms with Crippen LogP contribution < -0.4 is 16.4 Å². The molecular formula is C31H56Cl2N4O4. The molecule has 1 aliphatic rings. The molecule has 2 amide bonds. The Morgan fingerprint density at radius 2 is 1.68 bits per heavy atom. The predicted molar refractivity (Wildman–Crippen MR) is 172 cm³/mol. The van der Waals surface area contributed by atoms with Gasteiger partial charge < -0.3 is 26.2 Å². The number of amides is 2. The summed E-state index contributed by atoms with van der Waals surface area (Å²) < 4.78 is 5.44. The minimum absolute atomic E-state index is 0. The summed E-state index contributed by atoms with van der Waals surface area (Å²) in [7, 11) is 0. The molecule has 238 valence electrons. The van der Waals surface area contributed by atoms with E-state index < -0.39 is 12.1 Å². The number of nitrogens with two attached hydrogens (primary N) is 1. The largest absolute Gasteiger partial charge is 0.391 e. The molecule has 0 aromatic heterocycles. The Hall–Kier alpha value is -1.42. The summed E-state index contributed by atoms with van der Waals surface area (Å²) in [6.45, 7) is 15.8. The first-order chi connectivity index (χ1) is 18.6. The minimum atomic E-state index is -0.785. The molecule has 1 heterocycles. The standard InChI is InChI=1S/C31H54N4O4.2ClH/c1-6-7-13-33-31(38)27(23(4)5)20-29(36)28(32)19-25(22(2)3)21-34-30(37)26-11-9-8-10-24(26)12-14-35-15-17-39-18-16-35;;/h8-11,22-23,25,27-29,36H,6-7,12-21,32H2,1-5H3,(H,33,38)(H,34,37);2*1H. The molecule has 1 fully saturated rings. The Bertz CT molecular complexity index is 868. The molecule has 0 saturated carbocycles. The lowest BCUT2D eigenvalue weighted by atomic mass is 9.83. The van der Waals surface area contributed by atoms with Gasteiger partial charge in [-0.25, -0.2) is 0 Å². The van der Waals surface area contributed by atoms with Gasteiger partial charge in [-0.2, -0.15) is 0 Å². The number of morpholine rings is 1. The van der Waals surface area contributed by atoms with E-state index in [0.717, 1.165) is 57.7 Å². The normalized spacial score (nSPS) is 16.7. The van der Waals surface area contributed by atoms with Gasteiger partial charge in [0.1, 0.15) is 0 Å². The van der Waals surface area contributed by atoms with Crippen molar-refractivity contribution in [2.75, 3.05) is 45.9 Å². The van der Waals surface area contributed by atoms with Gasteiger partial charge in [-0.1, -0.05) is 59.2 Å². The number of carbonyl (C=O) groups excluding carboxylic acids is 2. The van der Waals surface area contributed by atoms with Crippen LogP contribution in [-0.4, -0.2) is 79.9 Å². The molecule has 1 aromatic carbocycles. The lowest BCUT2D eigenvalue weighted by Crippen LogP contribution is -2.44. The number of benzene rings is 1. The third-order valence-corrected chi connectivity index (χ3v) is 8.07. The first-order valence-corrected chi connectivity index (χ1v) is 15.0. The number of rotatable bonds is 17. The molecule has 4 unspecified atom stereocenters. The first kappa shape index (κ1) is 39.6. The van der Waals surface area contributed by atoms with Gasteiger partial charge in [-0.3, -0.25) is 14.5 Å². The quantitative estimate of drug-likeness (QED) is 0.196. The summed E-state index contributed by atoms with van der Waals surface area (Å²) in [5.74, 6) is 0.125. The smallest absolute Gasteiger partial charge is 0.251 e. The van der Waals surface area contributed by atoms with E-state index in [4.69, 9.17) is 10.5 Å². The lowest BCUT2D eigenvalue weighted by Gasteiger charge is -2.30. The summed E-state index contributed by atoms with van der Waals surface area (Å²) in [6.07, 6.45) is 2.90. The molecule has 5 N–H and O–H groups in total. The van der Waals surface area contributed by atoms with Crippen LogP contribution >= 0.6 is 24.8 Å². The van der Waals surface area contributed by atoms with E-state index in [2.05, 4.69) is 36.3 Å². The highest BCUT2D eigenvalue weighted by Gasteiger charge is 2.29. The van der Waals surface area contributed by atoms with Crippen LogP contribution in [0.5, 0.6) is 0 Å². The summed E-state index contributed by atoms with van der Waals surface area (Å²) in [5.41, 5.74) is 8.23. The molecule has 0 spiro atoms. The van der Waals surface area contributed by atoms with E-state index in [1.807, 2.05) is 38.1 Å². The average Bonchev–Trinajstić information content (AvgIpc) is 2.92. The number of nitrogens with one attached hydrogen (secondary N) is 2. The number of carbonyl (C=O) groups is 2. The molecular weight excluding hydrogens is 563 g/mol. The third kappa shape index (κ3) is 14.1. The summed E-state index contributed by atoms with van der Waals surface area (Å²) in [4.78, 5) is 28.3. The number of unbranched alkanes of at least 4 members (excludes halogenated alkanes) is 1. The van der Waals surface area contributed by atoms with Crippen molar-refractivity contribution < 1.29 is 19.4 Å². The zero-order chi connectivity index (χ0) is 28.8. The van der Waals surface area contributed by atoms with Gasteiger partial charge >= 0.3 is 0 Å². The highest BCUT2D eigenvalue weighted by atomic mass is 35.5. The predicted octanol–water partition coefficient (Wildman–Crippen LogP) is 4.06. The van der Waals surface area contributed by atoms with Crippen LogP contribution in [0.4, 0.5) is 0 Å². The van der Waals surface area contributed by atoms with E-state index >= 15 is 0 Å². The molecule has 41 heavy (non-hydrogen) atoms. The fraction of sp³-hybridized carbons (Fsp3) is 0.742. The van der Waals surface area contributed by atoms with Crippen molar-refractivity contribution in [1.82, 2.24) is 15.5 Å². The number of aliphatic hydroxyl groups excluding tert-OH is 1. The second-order valence-electron chi connectivity index (χ2n) is 11.8. The zero-order valence-electron chi connectivity index (χ0n) is 25.8. The van der Waals surface area contributed by atoms with Crippen molar-refractivity contribution >= 4 is 36.6 Å². The topological polar surface area (TPSA) is 117 Å². The number of aliphatic hydroxyl groups is 1. The van der Waals surface area contributed by atoms with Gasteiger partial charge in [0.05, 0.1) is 19.3 Å². The molecule has 0 bridgehead atoms. The van der Waals surface area contributed by atoms with Crippen LogP contribution in [0.3, 0.4) is 0 Å². The van der Waals surface area contributed by atoms with Crippen LogP contribution in [0.2, 0.25) is 0 Å². The first-order valence-electron chi connectivity index (χ1n) is 15.0. The highest BCUT2D eigenvalue weighted by molar-refractivity contribution is 5.95. The van der Waals surface area contributed by atoms with Crippen LogP contribution in [0.1, 0.15) is 76.2 Å². The fourth-order valence-electron chi connectivity index (χ4n) is 5.12. The highest BCUT2D eigenvalue weighted by Crippen LogP contribution is 2.23. The van der Waals surface area contributed by atoms with Gasteiger partial charge in [0.2, 0.25) is 5.91 Å². The van der Waals surface area contributed by atoms with Gasteiger partial charge in [0.15, 0.2) is 0 Å². The molecule has 0 aliphatic carbocycles. The molecule has 1 aromatic rings. The van der Waals surface area contributed by atoms with E-state index in [0.29, 0.717) is 31.5 Å². The van der Waals surface area contributed by atoms with Crippen molar-refractivity contribution in [3.05, 3.63) is 35.4 Å². The van der Waals surface area contributed by atoms with Gasteiger partial charge in [-0.05, 0) is 55.1 Å². The van der Waals surface area contributed by atoms with E-state index in [9.17, 15) is 14.7 Å². The number of hydrogen-bond donors (Lipinski definition) is 4. The van der Waals surface area contributed by atoms with Crippen molar-refractivity contribution in [3.8, 4) is 0 Å². The van der Waals surface area contributed by atoms with Crippen LogP contribution in [0, 0.1) is 23.7 Å². The van der Waals surface area contributed by atoms with E-state index in [-0.39, 0.29) is 60.3 Å². The van der Waals surface area contributed by atoms with E-state index in [1.165, 1.54) is 0 Å². The molecule has 1 saturated heterocycles.